The van der Waals surface area contributed by atoms with Gasteiger partial charge in [0.1, 0.15) is 5.82 Å². The molecule has 0 spiro atoms. The Bertz CT molecular complexity index is 794. The molecule has 1 fully saturated rings. The summed E-state index contributed by atoms with van der Waals surface area (Å²) in [7, 11) is 0. The van der Waals surface area contributed by atoms with Crippen molar-refractivity contribution in [3.63, 3.8) is 0 Å². The Morgan fingerprint density at radius 2 is 2.08 bits per heavy atom. The van der Waals surface area contributed by atoms with Crippen LogP contribution in [0.2, 0.25) is 0 Å². The molecule has 0 bridgehead atoms. The Morgan fingerprint density at radius 1 is 1.38 bits per heavy atom. The average molecular weight is 329 g/mol. The highest BCUT2D eigenvalue weighted by molar-refractivity contribution is 5.86. The fraction of sp³-hybridized carbons (Fsp3) is 0.474. The van der Waals surface area contributed by atoms with Crippen molar-refractivity contribution in [2.24, 2.45) is 5.41 Å². The molecule has 1 amide bonds. The molecular weight excluding hydrogens is 305 g/mol. The van der Waals surface area contributed by atoms with Gasteiger partial charge in [0.2, 0.25) is 11.9 Å². The molecule has 0 radical (unpaired) electrons. The predicted molar refractivity (Wildman–Crippen MR) is 92.7 cm³/mol. The van der Waals surface area contributed by atoms with Gasteiger partial charge in [-0.25, -0.2) is 9.37 Å². The summed E-state index contributed by atoms with van der Waals surface area (Å²) in [5, 5.41) is 2.70. The number of aromatic nitrogens is 2. The van der Waals surface area contributed by atoms with Crippen LogP contribution in [-0.4, -0.2) is 15.9 Å². The Labute approximate surface area is 141 Å². The van der Waals surface area contributed by atoms with Crippen molar-refractivity contribution >= 4 is 11.9 Å². The molecule has 0 aliphatic heterocycles. The summed E-state index contributed by atoms with van der Waals surface area (Å²) < 4.78 is 13.8. The molecule has 0 saturated heterocycles. The van der Waals surface area contributed by atoms with Crippen molar-refractivity contribution in [1.82, 2.24) is 9.97 Å². The number of H-pyrrole nitrogens is 1. The van der Waals surface area contributed by atoms with E-state index in [9.17, 15) is 9.18 Å². The normalized spacial score (nSPS) is 21.6. The van der Waals surface area contributed by atoms with Gasteiger partial charge in [-0.05, 0) is 41.9 Å². The fourth-order valence-corrected chi connectivity index (χ4v) is 3.83. The fourth-order valence-electron chi connectivity index (χ4n) is 3.83. The van der Waals surface area contributed by atoms with E-state index >= 15 is 0 Å². The molecule has 128 valence electrons. The molecule has 3 rings (SSSR count). The highest BCUT2D eigenvalue weighted by Crippen LogP contribution is 2.70. The zero-order chi connectivity index (χ0) is 17.6. The number of carbonyl (C=O) groups is 1. The van der Waals surface area contributed by atoms with Crippen LogP contribution in [-0.2, 0) is 11.2 Å². The van der Waals surface area contributed by atoms with E-state index in [-0.39, 0.29) is 23.1 Å². The first-order chi connectivity index (χ1) is 11.3. The molecule has 24 heavy (non-hydrogen) atoms. The number of aromatic amines is 1. The molecular formula is C19H24FN3O. The summed E-state index contributed by atoms with van der Waals surface area (Å²) in [6, 6.07) is 5.44. The number of halogens is 1. The van der Waals surface area contributed by atoms with E-state index in [4.69, 9.17) is 0 Å². The van der Waals surface area contributed by atoms with E-state index in [0.717, 1.165) is 22.5 Å². The van der Waals surface area contributed by atoms with E-state index in [2.05, 4.69) is 29.1 Å². The molecule has 1 aromatic carbocycles. The zero-order valence-electron chi connectivity index (χ0n) is 14.8. The van der Waals surface area contributed by atoms with Crippen molar-refractivity contribution in [3.05, 3.63) is 46.5 Å². The van der Waals surface area contributed by atoms with Gasteiger partial charge in [-0.15, -0.1) is 0 Å². The molecule has 2 unspecified atom stereocenters. The Balaban J connectivity index is 1.93. The average Bonchev–Trinajstić information content (AvgIpc) is 2.87. The maximum absolute atomic E-state index is 13.8. The summed E-state index contributed by atoms with van der Waals surface area (Å²) in [5.74, 6) is 0.764. The minimum atomic E-state index is -0.145. The van der Waals surface area contributed by atoms with Crippen molar-refractivity contribution in [3.8, 4) is 0 Å². The number of anilines is 1. The monoisotopic (exact) mass is 329 g/mol. The lowest BCUT2D eigenvalue weighted by Crippen LogP contribution is -2.07. The molecule has 5 heteroatoms. The van der Waals surface area contributed by atoms with Gasteiger partial charge >= 0.3 is 0 Å². The van der Waals surface area contributed by atoms with Gasteiger partial charge in [0.25, 0.3) is 0 Å². The summed E-state index contributed by atoms with van der Waals surface area (Å²) in [6.45, 7) is 9.83. The SMILES string of the molecule is CCc1cc(C2C(c3nc(NC(C)=O)[nH]c3C)C2(C)C)ccc1F. The first kappa shape index (κ1) is 16.7. The van der Waals surface area contributed by atoms with Crippen LogP contribution in [0.25, 0.3) is 0 Å². The number of nitrogens with one attached hydrogen (secondary N) is 2. The Hall–Kier alpha value is -2.17. The van der Waals surface area contributed by atoms with Gasteiger partial charge in [0.05, 0.1) is 5.69 Å². The van der Waals surface area contributed by atoms with Crippen molar-refractivity contribution in [2.45, 2.75) is 52.9 Å². The molecule has 1 aliphatic rings. The van der Waals surface area contributed by atoms with E-state index < -0.39 is 0 Å². The van der Waals surface area contributed by atoms with Crippen LogP contribution in [0.15, 0.2) is 18.2 Å². The first-order valence-corrected chi connectivity index (χ1v) is 8.38. The lowest BCUT2D eigenvalue weighted by molar-refractivity contribution is -0.114. The maximum Gasteiger partial charge on any atom is 0.223 e. The third-order valence-corrected chi connectivity index (χ3v) is 5.15. The second-order valence-corrected chi connectivity index (χ2v) is 7.26. The van der Waals surface area contributed by atoms with Crippen LogP contribution in [0.4, 0.5) is 10.3 Å². The van der Waals surface area contributed by atoms with Crippen LogP contribution < -0.4 is 5.32 Å². The number of carbonyl (C=O) groups excluding carboxylic acids is 1. The minimum absolute atomic E-state index is 0.0519. The van der Waals surface area contributed by atoms with E-state index in [1.165, 1.54) is 6.92 Å². The lowest BCUT2D eigenvalue weighted by atomic mass is 10.00. The second kappa shape index (κ2) is 5.72. The predicted octanol–water partition coefficient (Wildman–Crippen LogP) is 4.29. The Morgan fingerprint density at radius 3 is 2.71 bits per heavy atom. The molecule has 1 aliphatic carbocycles. The number of nitrogens with zero attached hydrogens (tertiary/aromatic N) is 1. The molecule has 2 aromatic rings. The summed E-state index contributed by atoms with van der Waals surface area (Å²) >= 11 is 0. The molecule has 2 N–H and O–H groups in total. The smallest absolute Gasteiger partial charge is 0.223 e. The van der Waals surface area contributed by atoms with E-state index in [1.54, 1.807) is 6.07 Å². The van der Waals surface area contributed by atoms with Crippen LogP contribution >= 0.6 is 0 Å². The third kappa shape index (κ3) is 2.72. The number of rotatable bonds is 4. The second-order valence-electron chi connectivity index (χ2n) is 7.26. The quantitative estimate of drug-likeness (QED) is 0.879. The van der Waals surface area contributed by atoms with E-state index in [0.29, 0.717) is 18.3 Å². The number of aryl methyl sites for hydroxylation is 2. The van der Waals surface area contributed by atoms with Crippen LogP contribution in [0.1, 0.15) is 62.0 Å². The Kier molecular flexibility index (Phi) is 3.98. The largest absolute Gasteiger partial charge is 0.328 e. The van der Waals surface area contributed by atoms with Gasteiger partial charge in [0, 0.05) is 18.5 Å². The highest BCUT2D eigenvalue weighted by Gasteiger charge is 2.60. The third-order valence-electron chi connectivity index (χ3n) is 5.15. The number of benzene rings is 1. The van der Waals surface area contributed by atoms with Crippen molar-refractivity contribution in [1.29, 1.82) is 0 Å². The van der Waals surface area contributed by atoms with E-state index in [1.807, 2.05) is 26.0 Å². The van der Waals surface area contributed by atoms with Crippen LogP contribution in [0.3, 0.4) is 0 Å². The number of imidazole rings is 1. The maximum atomic E-state index is 13.8. The zero-order valence-corrected chi connectivity index (χ0v) is 14.8. The number of hydrogen-bond acceptors (Lipinski definition) is 2. The highest BCUT2D eigenvalue weighted by atomic mass is 19.1. The van der Waals surface area contributed by atoms with Gasteiger partial charge in [0.15, 0.2) is 0 Å². The van der Waals surface area contributed by atoms with Gasteiger partial charge in [-0.3, -0.25) is 10.1 Å². The van der Waals surface area contributed by atoms with Gasteiger partial charge in [-0.2, -0.15) is 0 Å². The lowest BCUT2D eigenvalue weighted by Gasteiger charge is -2.06. The van der Waals surface area contributed by atoms with Gasteiger partial charge in [-0.1, -0.05) is 32.9 Å². The van der Waals surface area contributed by atoms with Crippen LogP contribution in [0.5, 0.6) is 0 Å². The number of hydrogen-bond donors (Lipinski definition) is 2. The minimum Gasteiger partial charge on any atom is -0.328 e. The van der Waals surface area contributed by atoms with Gasteiger partial charge < -0.3 is 4.98 Å². The first-order valence-electron chi connectivity index (χ1n) is 8.38. The summed E-state index contributed by atoms with van der Waals surface area (Å²) in [5.41, 5.74) is 3.92. The van der Waals surface area contributed by atoms with Crippen LogP contribution in [0, 0.1) is 18.2 Å². The standard InChI is InChI=1S/C19H24FN3O/c1-6-12-9-13(7-8-14(12)20)15-16(19(15,4)5)17-10(2)21-18(23-17)22-11(3)24/h7-9,15-16H,6H2,1-5H3,(H2,21,22,23,24). The summed E-state index contributed by atoms with van der Waals surface area (Å²) in [4.78, 5) is 18.9. The van der Waals surface area contributed by atoms with Crippen molar-refractivity contribution in [2.75, 3.05) is 5.32 Å². The molecule has 1 saturated carbocycles. The molecule has 1 heterocycles. The topological polar surface area (TPSA) is 57.8 Å². The number of amides is 1. The summed E-state index contributed by atoms with van der Waals surface area (Å²) in [6.07, 6.45) is 0.686. The molecule has 1 aromatic heterocycles. The molecule has 4 nitrogen and oxygen atoms in total. The molecule has 2 atom stereocenters. The van der Waals surface area contributed by atoms with Crippen molar-refractivity contribution < 1.29 is 9.18 Å².